The zero-order valence-electron chi connectivity index (χ0n) is 18.1. The lowest BCUT2D eigenvalue weighted by Crippen LogP contribution is -2.11. The predicted molar refractivity (Wildman–Crippen MR) is 126 cm³/mol. The normalized spacial score (nSPS) is 12.7. The SMILES string of the molecule is CNc1ccc(-c2ccc(NC(O)c3ccc(C(C)=O)cc3)cc2S(=O)(=O)O)c(S(=O)(=O)O)c1. The van der Waals surface area contributed by atoms with Crippen LogP contribution < -0.4 is 10.6 Å². The van der Waals surface area contributed by atoms with Gasteiger partial charge in [0.25, 0.3) is 20.2 Å². The summed E-state index contributed by atoms with van der Waals surface area (Å²) >= 11 is 0. The number of benzene rings is 3. The number of carbonyl (C=O) groups excluding carboxylic acids is 1. The van der Waals surface area contributed by atoms with Gasteiger partial charge in [-0.15, -0.1) is 0 Å². The Kier molecular flexibility index (Phi) is 7.10. The number of hydrogen-bond acceptors (Lipinski definition) is 8. The number of hydrogen-bond donors (Lipinski definition) is 5. The first kappa shape index (κ1) is 25.3. The van der Waals surface area contributed by atoms with Gasteiger partial charge in [0.1, 0.15) is 9.79 Å². The number of nitrogens with one attached hydrogen (secondary N) is 2. The van der Waals surface area contributed by atoms with E-state index in [-0.39, 0.29) is 22.6 Å². The van der Waals surface area contributed by atoms with Crippen molar-refractivity contribution in [2.24, 2.45) is 0 Å². The summed E-state index contributed by atoms with van der Waals surface area (Å²) in [7, 11) is -8.06. The standard InChI is InChI=1S/C22H22N2O8S2/c1-13(25)14-3-5-15(6-4-14)22(26)24-17-8-10-19(21(12-17)34(30,31)32)18-9-7-16(23-2)11-20(18)33(27,28)29/h3-12,22-24,26H,1-2H3,(H,27,28,29)(H,30,31,32). The molecule has 0 bridgehead atoms. The molecule has 1 atom stereocenters. The molecule has 0 spiro atoms. The number of Topliss-reactive ketones (excluding diaryl/α,β-unsaturated/α-hetero) is 1. The van der Waals surface area contributed by atoms with E-state index in [1.165, 1.54) is 62.5 Å². The number of anilines is 2. The second-order valence-corrected chi connectivity index (χ2v) is 10.1. The maximum absolute atomic E-state index is 12.1. The van der Waals surface area contributed by atoms with E-state index < -0.39 is 36.3 Å². The summed E-state index contributed by atoms with van der Waals surface area (Å²) < 4.78 is 67.6. The molecule has 3 rings (SSSR count). The van der Waals surface area contributed by atoms with Gasteiger partial charge >= 0.3 is 0 Å². The lowest BCUT2D eigenvalue weighted by molar-refractivity contribution is 0.101. The molecule has 0 aliphatic rings. The minimum Gasteiger partial charge on any atom is -0.388 e. The third-order valence-corrected chi connectivity index (χ3v) is 6.82. The van der Waals surface area contributed by atoms with Crippen LogP contribution in [0, 0.1) is 0 Å². The van der Waals surface area contributed by atoms with Crippen LogP contribution in [-0.2, 0) is 20.2 Å². The highest BCUT2D eigenvalue weighted by atomic mass is 32.2. The highest BCUT2D eigenvalue weighted by molar-refractivity contribution is 7.86. The monoisotopic (exact) mass is 506 g/mol. The van der Waals surface area contributed by atoms with Crippen molar-refractivity contribution in [1.82, 2.24) is 0 Å². The molecule has 0 saturated carbocycles. The molecule has 1 unspecified atom stereocenters. The van der Waals surface area contributed by atoms with E-state index in [4.69, 9.17) is 0 Å². The van der Waals surface area contributed by atoms with Crippen LogP contribution in [0.4, 0.5) is 11.4 Å². The van der Waals surface area contributed by atoms with Gasteiger partial charge in [-0.1, -0.05) is 36.4 Å². The molecule has 0 saturated heterocycles. The van der Waals surface area contributed by atoms with Crippen molar-refractivity contribution in [2.75, 3.05) is 17.7 Å². The van der Waals surface area contributed by atoms with Gasteiger partial charge in [0.15, 0.2) is 12.0 Å². The fraction of sp³-hybridized carbons (Fsp3) is 0.136. The number of aliphatic hydroxyl groups excluding tert-OH is 1. The van der Waals surface area contributed by atoms with Crippen LogP contribution in [0.3, 0.4) is 0 Å². The molecule has 10 nitrogen and oxygen atoms in total. The van der Waals surface area contributed by atoms with E-state index in [0.717, 1.165) is 12.1 Å². The maximum atomic E-state index is 12.1. The van der Waals surface area contributed by atoms with Gasteiger partial charge in [-0.05, 0) is 31.2 Å². The lowest BCUT2D eigenvalue weighted by Gasteiger charge is -2.17. The summed E-state index contributed by atoms with van der Waals surface area (Å²) in [5, 5.41) is 15.9. The second-order valence-electron chi connectivity index (χ2n) is 7.35. The summed E-state index contributed by atoms with van der Waals surface area (Å²) in [4.78, 5) is 10.2. The van der Waals surface area contributed by atoms with Gasteiger partial charge in [-0.25, -0.2) is 0 Å². The Balaban J connectivity index is 2.06. The fourth-order valence-electron chi connectivity index (χ4n) is 3.30. The van der Waals surface area contributed by atoms with E-state index in [1.807, 2.05) is 0 Å². The zero-order valence-corrected chi connectivity index (χ0v) is 19.7. The lowest BCUT2D eigenvalue weighted by atomic mass is 10.0. The first-order valence-electron chi connectivity index (χ1n) is 9.78. The van der Waals surface area contributed by atoms with E-state index in [2.05, 4.69) is 10.6 Å². The van der Waals surface area contributed by atoms with Crippen molar-refractivity contribution in [3.8, 4) is 11.1 Å². The van der Waals surface area contributed by atoms with Gasteiger partial charge in [0.05, 0.1) is 0 Å². The molecule has 0 aromatic heterocycles. The Morgan fingerprint density at radius 1 is 0.794 bits per heavy atom. The Morgan fingerprint density at radius 3 is 1.71 bits per heavy atom. The minimum absolute atomic E-state index is 0.0970. The highest BCUT2D eigenvalue weighted by Crippen LogP contribution is 2.36. The minimum atomic E-state index is -4.85. The predicted octanol–water partition coefficient (Wildman–Crippen LogP) is 3.19. The number of ketones is 1. The molecule has 0 amide bonds. The molecule has 180 valence electrons. The third-order valence-electron chi connectivity index (χ3n) is 5.03. The van der Waals surface area contributed by atoms with Gasteiger partial charge in [0.2, 0.25) is 0 Å². The van der Waals surface area contributed by atoms with Crippen LogP contribution in [0.15, 0.2) is 70.5 Å². The van der Waals surface area contributed by atoms with Crippen molar-refractivity contribution >= 4 is 37.4 Å². The fourth-order valence-corrected chi connectivity index (χ4v) is 4.77. The van der Waals surface area contributed by atoms with Gasteiger partial charge in [0, 0.05) is 40.7 Å². The summed E-state index contributed by atoms with van der Waals surface area (Å²) in [6.45, 7) is 1.40. The molecule has 34 heavy (non-hydrogen) atoms. The summed E-state index contributed by atoms with van der Waals surface area (Å²) in [6.07, 6.45) is -1.29. The van der Waals surface area contributed by atoms with E-state index in [0.29, 0.717) is 16.8 Å². The molecule has 0 heterocycles. The Labute approximate surface area is 196 Å². The molecule has 3 aromatic carbocycles. The van der Waals surface area contributed by atoms with Crippen LogP contribution in [0.25, 0.3) is 11.1 Å². The van der Waals surface area contributed by atoms with Crippen molar-refractivity contribution < 1.29 is 35.8 Å². The van der Waals surface area contributed by atoms with Crippen molar-refractivity contribution in [2.45, 2.75) is 22.9 Å². The molecular weight excluding hydrogens is 484 g/mol. The zero-order chi connectivity index (χ0) is 25.3. The summed E-state index contributed by atoms with van der Waals surface area (Å²) in [5.74, 6) is -0.144. The third kappa shape index (κ3) is 5.61. The van der Waals surface area contributed by atoms with Crippen LogP contribution in [0.1, 0.15) is 29.1 Å². The van der Waals surface area contributed by atoms with Crippen molar-refractivity contribution in [3.63, 3.8) is 0 Å². The summed E-state index contributed by atoms with van der Waals surface area (Å²) in [5.41, 5.74) is 0.957. The van der Waals surface area contributed by atoms with Crippen molar-refractivity contribution in [1.29, 1.82) is 0 Å². The average Bonchev–Trinajstić information content (AvgIpc) is 2.77. The second kappa shape index (κ2) is 9.52. The highest BCUT2D eigenvalue weighted by Gasteiger charge is 2.24. The molecule has 0 radical (unpaired) electrons. The molecule has 3 aromatic rings. The Hall–Kier alpha value is -3.29. The molecule has 0 aliphatic heterocycles. The topological polar surface area (TPSA) is 170 Å². The van der Waals surface area contributed by atoms with Crippen LogP contribution >= 0.6 is 0 Å². The molecule has 0 fully saturated rings. The largest absolute Gasteiger partial charge is 0.388 e. The van der Waals surface area contributed by atoms with Crippen LogP contribution in [-0.4, -0.2) is 43.9 Å². The van der Waals surface area contributed by atoms with E-state index >= 15 is 0 Å². The van der Waals surface area contributed by atoms with E-state index in [1.54, 1.807) is 0 Å². The Morgan fingerprint density at radius 2 is 1.26 bits per heavy atom. The maximum Gasteiger partial charge on any atom is 0.295 e. The smallest absolute Gasteiger partial charge is 0.295 e. The number of carbonyl (C=O) groups is 1. The molecule has 0 aliphatic carbocycles. The Bertz CT molecular complexity index is 1450. The number of aliphatic hydroxyl groups is 1. The first-order valence-corrected chi connectivity index (χ1v) is 12.7. The van der Waals surface area contributed by atoms with Crippen molar-refractivity contribution in [3.05, 3.63) is 71.8 Å². The van der Waals surface area contributed by atoms with Gasteiger partial charge in [-0.3, -0.25) is 13.9 Å². The van der Waals surface area contributed by atoms with Crippen LogP contribution in [0.2, 0.25) is 0 Å². The first-order chi connectivity index (χ1) is 15.8. The van der Waals surface area contributed by atoms with E-state index in [9.17, 15) is 35.8 Å². The molecular formula is C22H22N2O8S2. The molecule has 12 heteroatoms. The van der Waals surface area contributed by atoms with Gasteiger partial charge < -0.3 is 15.7 Å². The molecule has 5 N–H and O–H groups in total. The average molecular weight is 507 g/mol. The quantitative estimate of drug-likeness (QED) is 0.174. The summed E-state index contributed by atoms with van der Waals surface area (Å²) in [6, 6.07) is 13.6. The number of rotatable bonds is 8. The van der Waals surface area contributed by atoms with Gasteiger partial charge in [-0.2, -0.15) is 16.8 Å². The van der Waals surface area contributed by atoms with Crippen LogP contribution in [0.5, 0.6) is 0 Å².